The predicted molar refractivity (Wildman–Crippen MR) is 110 cm³/mol. The van der Waals surface area contributed by atoms with Crippen molar-refractivity contribution in [2.45, 2.75) is 44.3 Å². The Morgan fingerprint density at radius 1 is 1.27 bits per heavy atom. The molecule has 1 amide bonds. The van der Waals surface area contributed by atoms with Gasteiger partial charge in [-0.15, -0.1) is 0 Å². The van der Waals surface area contributed by atoms with Crippen molar-refractivity contribution in [3.05, 3.63) is 47.5 Å². The molecule has 0 radical (unpaired) electrons. The zero-order valence-electron chi connectivity index (χ0n) is 17.5. The lowest BCUT2D eigenvalue weighted by Gasteiger charge is -2.53. The maximum Gasteiger partial charge on any atom is 0.272 e. The number of hydrogen-bond donors (Lipinski definition) is 0. The summed E-state index contributed by atoms with van der Waals surface area (Å²) in [5.74, 6) is 2.39. The predicted octanol–water partition coefficient (Wildman–Crippen LogP) is 3.33. The third kappa shape index (κ3) is 3.12. The summed E-state index contributed by atoms with van der Waals surface area (Å²) < 4.78 is 18.6. The highest BCUT2D eigenvalue weighted by Crippen LogP contribution is 2.55. The second-order valence-corrected chi connectivity index (χ2v) is 8.37. The second-order valence-electron chi connectivity index (χ2n) is 8.37. The normalized spacial score (nSPS) is 24.5. The molecule has 2 fully saturated rings. The quantitative estimate of drug-likeness (QED) is 0.758. The Bertz CT molecular complexity index is 955. The number of aryl methyl sites for hydroxylation is 1. The summed E-state index contributed by atoms with van der Waals surface area (Å²) >= 11 is 0. The summed E-state index contributed by atoms with van der Waals surface area (Å²) in [7, 11) is 1.67. The Kier molecular flexibility index (Phi) is 4.85. The number of carbonyl (C=O) groups is 1. The molecule has 0 unspecified atom stereocenters. The molecule has 2 aromatic rings. The lowest BCUT2D eigenvalue weighted by atomic mass is 9.70. The van der Waals surface area contributed by atoms with Crippen molar-refractivity contribution in [1.29, 1.82) is 0 Å². The number of para-hydroxylation sites is 1. The third-order valence-corrected chi connectivity index (χ3v) is 6.73. The molecule has 0 N–H and O–H groups in total. The van der Waals surface area contributed by atoms with E-state index in [2.05, 4.69) is 16.0 Å². The van der Waals surface area contributed by atoms with Gasteiger partial charge in [-0.1, -0.05) is 12.1 Å². The number of amides is 1. The molecule has 2 saturated heterocycles. The summed E-state index contributed by atoms with van der Waals surface area (Å²) in [6.07, 6.45) is 5.30. The standard InChI is InChI=1S/C23H27N3O4/c1-15-24-11-8-18(25-15)22(27)26-12-9-23(10-13-26)17-6-4-14-29-20(17)16-5-3-7-19(28-2)21(16)30-23/h3,5,7-8,11,17,20H,4,6,9-10,12-14H2,1-2H3/t17-,20+/m0/s1. The van der Waals surface area contributed by atoms with Gasteiger partial charge < -0.3 is 19.1 Å². The number of piperidine rings is 1. The molecule has 30 heavy (non-hydrogen) atoms. The van der Waals surface area contributed by atoms with E-state index >= 15 is 0 Å². The molecule has 7 heteroatoms. The molecule has 0 bridgehead atoms. The summed E-state index contributed by atoms with van der Waals surface area (Å²) in [6.45, 7) is 3.84. The fourth-order valence-electron chi connectivity index (χ4n) is 5.23. The molecule has 1 spiro atoms. The summed E-state index contributed by atoms with van der Waals surface area (Å²) in [5.41, 5.74) is 1.19. The van der Waals surface area contributed by atoms with E-state index in [-0.39, 0.29) is 23.5 Å². The first-order valence-electron chi connectivity index (χ1n) is 10.7. The number of aromatic nitrogens is 2. The first-order valence-corrected chi connectivity index (χ1v) is 10.7. The van der Waals surface area contributed by atoms with E-state index in [0.717, 1.165) is 49.4 Å². The molecular formula is C23H27N3O4. The van der Waals surface area contributed by atoms with E-state index in [0.29, 0.717) is 24.6 Å². The minimum absolute atomic E-state index is 0.0179. The first-order chi connectivity index (χ1) is 14.6. The van der Waals surface area contributed by atoms with Crippen LogP contribution in [0.2, 0.25) is 0 Å². The number of fused-ring (bicyclic) bond motifs is 4. The van der Waals surface area contributed by atoms with E-state index in [1.165, 1.54) is 0 Å². The van der Waals surface area contributed by atoms with Crippen molar-refractivity contribution in [3.63, 3.8) is 0 Å². The van der Waals surface area contributed by atoms with Crippen LogP contribution in [0.4, 0.5) is 0 Å². The van der Waals surface area contributed by atoms with Crippen LogP contribution in [0.5, 0.6) is 11.5 Å². The van der Waals surface area contributed by atoms with Crippen LogP contribution in [-0.4, -0.2) is 53.2 Å². The smallest absolute Gasteiger partial charge is 0.272 e. The van der Waals surface area contributed by atoms with Gasteiger partial charge in [0.25, 0.3) is 5.91 Å². The van der Waals surface area contributed by atoms with Crippen molar-refractivity contribution in [1.82, 2.24) is 14.9 Å². The van der Waals surface area contributed by atoms with Crippen LogP contribution in [0.25, 0.3) is 0 Å². The number of likely N-dealkylation sites (tertiary alicyclic amines) is 1. The minimum atomic E-state index is -0.342. The van der Waals surface area contributed by atoms with Gasteiger partial charge in [-0.3, -0.25) is 4.79 Å². The number of nitrogens with zero attached hydrogens (tertiary/aromatic N) is 3. The van der Waals surface area contributed by atoms with Gasteiger partial charge in [-0.25, -0.2) is 9.97 Å². The molecule has 1 aromatic heterocycles. The lowest BCUT2D eigenvalue weighted by molar-refractivity contribution is -0.147. The van der Waals surface area contributed by atoms with Gasteiger partial charge in [-0.05, 0) is 31.9 Å². The molecule has 158 valence electrons. The van der Waals surface area contributed by atoms with Crippen molar-refractivity contribution in [2.24, 2.45) is 5.92 Å². The topological polar surface area (TPSA) is 73.8 Å². The maximum absolute atomic E-state index is 13.0. The molecule has 2 atom stereocenters. The molecule has 3 aliphatic rings. The maximum atomic E-state index is 13.0. The van der Waals surface area contributed by atoms with Crippen LogP contribution in [-0.2, 0) is 4.74 Å². The average Bonchev–Trinajstić information content (AvgIpc) is 2.79. The largest absolute Gasteiger partial charge is 0.493 e. The monoisotopic (exact) mass is 409 g/mol. The van der Waals surface area contributed by atoms with E-state index in [4.69, 9.17) is 14.2 Å². The SMILES string of the molecule is COc1cccc2c1OC1(CCN(C(=O)c3ccnc(C)n3)CC1)[C@H]1CCCO[C@H]21. The zero-order chi connectivity index (χ0) is 20.7. The number of hydrogen-bond acceptors (Lipinski definition) is 6. The number of benzene rings is 1. The van der Waals surface area contributed by atoms with Gasteiger partial charge in [0.15, 0.2) is 11.5 Å². The molecule has 5 rings (SSSR count). The average molecular weight is 409 g/mol. The molecule has 0 aliphatic carbocycles. The third-order valence-electron chi connectivity index (χ3n) is 6.73. The van der Waals surface area contributed by atoms with Crippen LogP contribution >= 0.6 is 0 Å². The molecule has 0 saturated carbocycles. The highest BCUT2D eigenvalue weighted by atomic mass is 16.5. The van der Waals surface area contributed by atoms with E-state index in [9.17, 15) is 4.79 Å². The highest BCUT2D eigenvalue weighted by Gasteiger charge is 2.53. The Morgan fingerprint density at radius 3 is 2.87 bits per heavy atom. The lowest BCUT2D eigenvalue weighted by Crippen LogP contribution is -2.57. The summed E-state index contributed by atoms with van der Waals surface area (Å²) in [4.78, 5) is 23.2. The molecule has 3 aliphatic heterocycles. The van der Waals surface area contributed by atoms with Crippen LogP contribution in [0.1, 0.15) is 53.7 Å². The van der Waals surface area contributed by atoms with E-state index < -0.39 is 0 Å². The van der Waals surface area contributed by atoms with Crippen molar-refractivity contribution < 1.29 is 19.0 Å². The number of carbonyl (C=O) groups excluding carboxylic acids is 1. The van der Waals surface area contributed by atoms with Gasteiger partial charge in [-0.2, -0.15) is 0 Å². The van der Waals surface area contributed by atoms with Crippen LogP contribution in [0.3, 0.4) is 0 Å². The fourth-order valence-corrected chi connectivity index (χ4v) is 5.23. The van der Waals surface area contributed by atoms with E-state index in [1.54, 1.807) is 26.3 Å². The minimum Gasteiger partial charge on any atom is -0.493 e. The van der Waals surface area contributed by atoms with Gasteiger partial charge in [0.2, 0.25) is 0 Å². The molecule has 4 heterocycles. The van der Waals surface area contributed by atoms with Gasteiger partial charge >= 0.3 is 0 Å². The fraction of sp³-hybridized carbons (Fsp3) is 0.522. The Hall–Kier alpha value is -2.67. The number of rotatable bonds is 2. The molecule has 1 aromatic carbocycles. The number of ether oxygens (including phenoxy) is 3. The first kappa shape index (κ1) is 19.3. The summed E-state index contributed by atoms with van der Waals surface area (Å²) in [5, 5.41) is 0. The highest BCUT2D eigenvalue weighted by molar-refractivity contribution is 5.92. The Morgan fingerprint density at radius 2 is 2.10 bits per heavy atom. The Balaban J connectivity index is 1.41. The second kappa shape index (κ2) is 7.54. The van der Waals surface area contributed by atoms with Crippen LogP contribution < -0.4 is 9.47 Å². The van der Waals surface area contributed by atoms with Crippen LogP contribution in [0.15, 0.2) is 30.5 Å². The Labute approximate surface area is 176 Å². The zero-order valence-corrected chi connectivity index (χ0v) is 17.5. The van der Waals surface area contributed by atoms with Gasteiger partial charge in [0, 0.05) is 50.2 Å². The van der Waals surface area contributed by atoms with E-state index in [1.807, 2.05) is 17.0 Å². The summed E-state index contributed by atoms with van der Waals surface area (Å²) in [6, 6.07) is 7.71. The number of methoxy groups -OCH3 is 1. The van der Waals surface area contributed by atoms with Crippen molar-refractivity contribution in [3.8, 4) is 11.5 Å². The van der Waals surface area contributed by atoms with Gasteiger partial charge in [0.05, 0.1) is 13.2 Å². The van der Waals surface area contributed by atoms with Gasteiger partial charge in [0.1, 0.15) is 17.1 Å². The molecular weight excluding hydrogens is 382 g/mol. The molecule has 7 nitrogen and oxygen atoms in total. The van der Waals surface area contributed by atoms with Crippen LogP contribution in [0, 0.1) is 12.8 Å². The van der Waals surface area contributed by atoms with Crippen molar-refractivity contribution >= 4 is 5.91 Å². The van der Waals surface area contributed by atoms with Crippen molar-refractivity contribution in [2.75, 3.05) is 26.8 Å².